The Morgan fingerprint density at radius 2 is 2.05 bits per heavy atom. The molecule has 0 spiro atoms. The van der Waals surface area contributed by atoms with Crippen molar-refractivity contribution in [3.8, 4) is 0 Å². The molecule has 0 radical (unpaired) electrons. The zero-order valence-electron chi connectivity index (χ0n) is 11.5. The summed E-state index contributed by atoms with van der Waals surface area (Å²) >= 11 is 0. The Morgan fingerprint density at radius 1 is 1.30 bits per heavy atom. The van der Waals surface area contributed by atoms with Crippen molar-refractivity contribution in [1.29, 1.82) is 0 Å². The van der Waals surface area contributed by atoms with Gasteiger partial charge >= 0.3 is 0 Å². The first kappa shape index (κ1) is 13.1. The molecule has 5 heteroatoms. The first-order chi connectivity index (χ1) is 9.58. The molecule has 1 aliphatic heterocycles. The zero-order valence-corrected chi connectivity index (χ0v) is 11.5. The third-order valence-corrected chi connectivity index (χ3v) is 4.32. The van der Waals surface area contributed by atoms with Crippen molar-refractivity contribution in [1.82, 2.24) is 4.90 Å². The monoisotopic (exact) mass is 274 g/mol. The fourth-order valence-electron chi connectivity index (χ4n) is 2.82. The first-order valence-electron chi connectivity index (χ1n) is 6.82. The average Bonchev–Trinajstić information content (AvgIpc) is 3.16. The van der Waals surface area contributed by atoms with Gasteiger partial charge in [-0.3, -0.25) is 14.5 Å². The Bertz CT molecular complexity index is 578. The number of methoxy groups -OCH3 is 1. The number of nitrogen functional groups attached to an aromatic ring is 1. The van der Waals surface area contributed by atoms with E-state index in [1.807, 2.05) is 0 Å². The number of hydrogen-bond donors (Lipinski definition) is 1. The molecule has 20 heavy (non-hydrogen) atoms. The highest BCUT2D eigenvalue weighted by atomic mass is 16.5. The number of nitrogens with two attached hydrogens (primary N) is 1. The number of rotatable bonds is 5. The predicted octanol–water partition coefficient (Wildman–Crippen LogP) is 1.68. The Kier molecular flexibility index (Phi) is 3.01. The van der Waals surface area contributed by atoms with Crippen LogP contribution in [0.4, 0.5) is 5.69 Å². The normalized spacial score (nSPS) is 19.4. The molecule has 0 atom stereocenters. The average molecular weight is 274 g/mol. The van der Waals surface area contributed by atoms with Gasteiger partial charge in [-0.15, -0.1) is 0 Å². The van der Waals surface area contributed by atoms with E-state index >= 15 is 0 Å². The van der Waals surface area contributed by atoms with Crippen LogP contribution < -0.4 is 5.73 Å². The zero-order chi connectivity index (χ0) is 14.3. The summed E-state index contributed by atoms with van der Waals surface area (Å²) in [6, 6.07) is 5.03. The van der Waals surface area contributed by atoms with E-state index in [0.717, 1.165) is 19.3 Å². The molecule has 1 aromatic rings. The molecule has 2 amide bonds. The smallest absolute Gasteiger partial charge is 0.263 e. The number of hydrogen-bond acceptors (Lipinski definition) is 4. The number of anilines is 1. The number of amides is 2. The van der Waals surface area contributed by atoms with Gasteiger partial charge in [0.2, 0.25) is 0 Å². The number of carbonyl (C=O) groups excluding carboxylic acids is 2. The van der Waals surface area contributed by atoms with Gasteiger partial charge in [-0.1, -0.05) is 6.07 Å². The van der Waals surface area contributed by atoms with Gasteiger partial charge in [0.25, 0.3) is 11.8 Å². The van der Waals surface area contributed by atoms with Gasteiger partial charge in [0, 0.05) is 25.9 Å². The SMILES string of the molecule is COCCC1(CN2C(=O)c3cccc(N)c3C2=O)CC1. The molecule has 106 valence electrons. The van der Waals surface area contributed by atoms with Crippen LogP contribution >= 0.6 is 0 Å². The van der Waals surface area contributed by atoms with Crippen molar-refractivity contribution in [3.05, 3.63) is 29.3 Å². The number of fused-ring (bicyclic) bond motifs is 1. The molecule has 3 rings (SSSR count). The number of nitrogens with zero attached hydrogens (tertiary/aromatic N) is 1. The number of carbonyl (C=O) groups is 2. The molecule has 0 saturated heterocycles. The summed E-state index contributed by atoms with van der Waals surface area (Å²) in [6.07, 6.45) is 2.96. The molecule has 1 aliphatic carbocycles. The fourth-order valence-corrected chi connectivity index (χ4v) is 2.82. The maximum absolute atomic E-state index is 12.4. The Balaban J connectivity index is 1.82. The largest absolute Gasteiger partial charge is 0.398 e. The molecule has 1 heterocycles. The van der Waals surface area contributed by atoms with E-state index in [4.69, 9.17) is 10.5 Å². The molecule has 2 N–H and O–H groups in total. The lowest BCUT2D eigenvalue weighted by atomic mass is 10.0. The van der Waals surface area contributed by atoms with Crippen LogP contribution in [0.25, 0.3) is 0 Å². The Morgan fingerprint density at radius 3 is 2.65 bits per heavy atom. The van der Waals surface area contributed by atoms with Crippen molar-refractivity contribution >= 4 is 17.5 Å². The van der Waals surface area contributed by atoms with Gasteiger partial charge in [0.1, 0.15) is 0 Å². The van der Waals surface area contributed by atoms with Crippen molar-refractivity contribution in [3.63, 3.8) is 0 Å². The lowest BCUT2D eigenvalue weighted by Crippen LogP contribution is -2.35. The molecule has 5 nitrogen and oxygen atoms in total. The summed E-state index contributed by atoms with van der Waals surface area (Å²) in [5.74, 6) is -0.479. The van der Waals surface area contributed by atoms with Crippen LogP contribution in [0.3, 0.4) is 0 Å². The van der Waals surface area contributed by atoms with Gasteiger partial charge < -0.3 is 10.5 Å². The maximum Gasteiger partial charge on any atom is 0.263 e. The highest BCUT2D eigenvalue weighted by Gasteiger charge is 2.48. The van der Waals surface area contributed by atoms with Crippen LogP contribution in [0, 0.1) is 5.41 Å². The van der Waals surface area contributed by atoms with Gasteiger partial charge in [-0.25, -0.2) is 0 Å². The molecule has 1 saturated carbocycles. The third kappa shape index (κ3) is 1.98. The predicted molar refractivity (Wildman–Crippen MR) is 74.4 cm³/mol. The van der Waals surface area contributed by atoms with Gasteiger partial charge in [-0.2, -0.15) is 0 Å². The van der Waals surface area contributed by atoms with E-state index in [1.165, 1.54) is 4.90 Å². The number of imide groups is 1. The van der Waals surface area contributed by atoms with Crippen molar-refractivity contribution < 1.29 is 14.3 Å². The van der Waals surface area contributed by atoms with Crippen LogP contribution in [0.2, 0.25) is 0 Å². The van der Waals surface area contributed by atoms with E-state index in [-0.39, 0.29) is 17.2 Å². The van der Waals surface area contributed by atoms with Gasteiger partial charge in [-0.05, 0) is 36.8 Å². The van der Waals surface area contributed by atoms with Crippen LogP contribution in [0.5, 0.6) is 0 Å². The summed E-state index contributed by atoms with van der Waals surface area (Å²) < 4.78 is 5.11. The maximum atomic E-state index is 12.4. The van der Waals surface area contributed by atoms with E-state index < -0.39 is 0 Å². The van der Waals surface area contributed by atoms with Gasteiger partial charge in [0.15, 0.2) is 0 Å². The lowest BCUT2D eigenvalue weighted by molar-refractivity contribution is 0.0603. The van der Waals surface area contributed by atoms with Gasteiger partial charge in [0.05, 0.1) is 11.1 Å². The van der Waals surface area contributed by atoms with Crippen molar-refractivity contribution in [2.75, 3.05) is 26.0 Å². The molecule has 0 unspecified atom stereocenters. The molecule has 0 aromatic heterocycles. The molecule has 2 aliphatic rings. The minimum atomic E-state index is -0.258. The Labute approximate surface area is 117 Å². The molecule has 1 aromatic carbocycles. The van der Waals surface area contributed by atoms with E-state index in [1.54, 1.807) is 25.3 Å². The lowest BCUT2D eigenvalue weighted by Gasteiger charge is -2.21. The van der Waals surface area contributed by atoms with Crippen LogP contribution in [-0.2, 0) is 4.74 Å². The van der Waals surface area contributed by atoms with Crippen LogP contribution in [0.1, 0.15) is 40.0 Å². The highest BCUT2D eigenvalue weighted by Crippen LogP contribution is 2.50. The van der Waals surface area contributed by atoms with Crippen LogP contribution in [-0.4, -0.2) is 37.0 Å². The van der Waals surface area contributed by atoms with E-state index in [9.17, 15) is 9.59 Å². The third-order valence-electron chi connectivity index (χ3n) is 4.32. The minimum Gasteiger partial charge on any atom is -0.398 e. The summed E-state index contributed by atoms with van der Waals surface area (Å²) in [5, 5.41) is 0. The number of ether oxygens (including phenoxy) is 1. The Hall–Kier alpha value is -1.88. The second-order valence-electron chi connectivity index (χ2n) is 5.71. The van der Waals surface area contributed by atoms with Crippen LogP contribution in [0.15, 0.2) is 18.2 Å². The van der Waals surface area contributed by atoms with E-state index in [0.29, 0.717) is 30.0 Å². The fraction of sp³-hybridized carbons (Fsp3) is 0.467. The first-order valence-corrected chi connectivity index (χ1v) is 6.82. The highest BCUT2D eigenvalue weighted by molar-refractivity contribution is 6.23. The van der Waals surface area contributed by atoms with E-state index in [2.05, 4.69) is 0 Å². The molecular weight excluding hydrogens is 256 g/mol. The second kappa shape index (κ2) is 4.59. The quantitative estimate of drug-likeness (QED) is 0.655. The summed E-state index contributed by atoms with van der Waals surface area (Å²) in [7, 11) is 1.67. The molecule has 0 bridgehead atoms. The summed E-state index contributed by atoms with van der Waals surface area (Å²) in [4.78, 5) is 26.1. The summed E-state index contributed by atoms with van der Waals surface area (Å²) in [6.45, 7) is 1.13. The standard InChI is InChI=1S/C15H18N2O3/c1-20-8-7-15(5-6-15)9-17-13(18)10-3-2-4-11(16)12(10)14(17)19/h2-4H,5-9,16H2,1H3. The summed E-state index contributed by atoms with van der Waals surface area (Å²) in [5.41, 5.74) is 7.05. The second-order valence-corrected chi connectivity index (χ2v) is 5.71. The number of benzene rings is 1. The topological polar surface area (TPSA) is 72.6 Å². The van der Waals surface area contributed by atoms with Crippen molar-refractivity contribution in [2.45, 2.75) is 19.3 Å². The molecule has 1 fully saturated rings. The molecular formula is C15H18N2O3. The van der Waals surface area contributed by atoms with Crippen molar-refractivity contribution in [2.24, 2.45) is 5.41 Å². The minimum absolute atomic E-state index is 0.0537.